The molecule has 3 aromatic heterocycles. The quantitative estimate of drug-likeness (QED) is 0.448. The minimum atomic E-state index is -3.05. The summed E-state index contributed by atoms with van der Waals surface area (Å²) in [6.45, 7) is 4.88. The van der Waals surface area contributed by atoms with E-state index in [2.05, 4.69) is 10.1 Å². The minimum Gasteiger partial charge on any atom is -0.454 e. The summed E-state index contributed by atoms with van der Waals surface area (Å²) in [5, 5.41) is 4.22. The fourth-order valence-electron chi connectivity index (χ4n) is 4.12. The second-order valence-corrected chi connectivity index (χ2v) is 9.79. The second-order valence-electron chi connectivity index (χ2n) is 7.56. The third-order valence-electron chi connectivity index (χ3n) is 5.47. The number of hydrogen-bond acceptors (Lipinski definition) is 7. The Morgan fingerprint density at radius 3 is 2.73 bits per heavy atom. The van der Waals surface area contributed by atoms with Gasteiger partial charge in [0.2, 0.25) is 5.78 Å². The van der Waals surface area contributed by atoms with Gasteiger partial charge in [0.1, 0.15) is 5.56 Å². The Bertz CT molecular complexity index is 1270. The van der Waals surface area contributed by atoms with Crippen molar-refractivity contribution >= 4 is 27.2 Å². The van der Waals surface area contributed by atoms with Gasteiger partial charge in [0, 0.05) is 35.4 Å². The molecular weight excluding hydrogens is 408 g/mol. The number of fused-ring (bicyclic) bond motifs is 1. The molecule has 1 unspecified atom stereocenters. The first-order valence-corrected chi connectivity index (χ1v) is 11.4. The number of ether oxygens (including phenoxy) is 1. The molecule has 1 atom stereocenters. The fraction of sp³-hybridized carbons (Fsp3) is 0.400. The maximum absolute atomic E-state index is 12.8. The molecule has 4 rings (SSSR count). The Hall–Kier alpha value is -3.01. The van der Waals surface area contributed by atoms with Crippen LogP contribution in [0.5, 0.6) is 0 Å². The number of nitrogens with zero attached hydrogens (tertiary/aromatic N) is 4. The monoisotopic (exact) mass is 430 g/mol. The highest BCUT2D eigenvalue weighted by molar-refractivity contribution is 7.91. The van der Waals surface area contributed by atoms with Crippen molar-refractivity contribution in [2.45, 2.75) is 33.2 Å². The van der Waals surface area contributed by atoms with E-state index in [0.29, 0.717) is 29.0 Å². The second kappa shape index (κ2) is 7.35. The molecule has 30 heavy (non-hydrogen) atoms. The van der Waals surface area contributed by atoms with Crippen LogP contribution in [-0.2, 0) is 14.6 Å². The number of esters is 1. The zero-order chi connectivity index (χ0) is 21.6. The molecule has 0 saturated carbocycles. The van der Waals surface area contributed by atoms with Gasteiger partial charge in [-0.15, -0.1) is 0 Å². The van der Waals surface area contributed by atoms with E-state index < -0.39 is 22.4 Å². The number of aromatic nitrogens is 4. The van der Waals surface area contributed by atoms with Crippen molar-refractivity contribution in [1.82, 2.24) is 19.2 Å². The molecule has 1 saturated heterocycles. The van der Waals surface area contributed by atoms with Gasteiger partial charge in [0.05, 0.1) is 17.2 Å². The summed E-state index contributed by atoms with van der Waals surface area (Å²) in [6.07, 6.45) is 3.76. The normalized spacial score (nSPS) is 18.0. The van der Waals surface area contributed by atoms with Gasteiger partial charge in [0.15, 0.2) is 22.1 Å². The number of Topliss-reactive ketones (excluding diaryl/α,β-unsaturated/α-hetero) is 1. The Kier molecular flexibility index (Phi) is 4.97. The van der Waals surface area contributed by atoms with E-state index in [4.69, 9.17) is 4.74 Å². The Labute approximate surface area is 173 Å². The smallest absolute Gasteiger partial charge is 0.344 e. The molecule has 10 heteroatoms. The van der Waals surface area contributed by atoms with Gasteiger partial charge in [-0.25, -0.2) is 22.7 Å². The molecule has 1 fully saturated rings. The van der Waals surface area contributed by atoms with E-state index >= 15 is 0 Å². The van der Waals surface area contributed by atoms with Crippen molar-refractivity contribution in [3.05, 3.63) is 52.7 Å². The summed E-state index contributed by atoms with van der Waals surface area (Å²) < 4.78 is 32.3. The Morgan fingerprint density at radius 1 is 1.27 bits per heavy atom. The summed E-state index contributed by atoms with van der Waals surface area (Å²) in [7, 11) is -3.05. The average Bonchev–Trinajstić information content (AvgIpc) is 3.31. The highest BCUT2D eigenvalue weighted by Crippen LogP contribution is 2.29. The van der Waals surface area contributed by atoms with E-state index in [0.717, 1.165) is 5.69 Å². The molecule has 0 spiro atoms. The molecule has 1 aliphatic rings. The van der Waals surface area contributed by atoms with E-state index in [1.54, 1.807) is 38.4 Å². The average molecular weight is 430 g/mol. The zero-order valence-corrected chi connectivity index (χ0v) is 17.8. The molecule has 4 heterocycles. The van der Waals surface area contributed by atoms with Crippen LogP contribution in [0.4, 0.5) is 0 Å². The molecule has 0 bridgehead atoms. The number of carbonyl (C=O) groups excluding carboxylic acids is 2. The topological polar surface area (TPSA) is 113 Å². The first-order chi connectivity index (χ1) is 14.2. The predicted molar refractivity (Wildman–Crippen MR) is 109 cm³/mol. The van der Waals surface area contributed by atoms with Gasteiger partial charge in [-0.3, -0.25) is 4.79 Å². The predicted octanol–water partition coefficient (Wildman–Crippen LogP) is 1.86. The SMILES string of the molecule is Cc1nn2cccnc2c1C(=O)OCC(=O)c1cc(C)n(C2CCS(=O)(=O)C2)c1C. The highest BCUT2D eigenvalue weighted by Gasteiger charge is 2.32. The summed E-state index contributed by atoms with van der Waals surface area (Å²) in [6, 6.07) is 3.24. The Balaban J connectivity index is 1.51. The number of hydrogen-bond donors (Lipinski definition) is 0. The van der Waals surface area contributed by atoms with Crippen LogP contribution < -0.4 is 0 Å². The van der Waals surface area contributed by atoms with Crippen LogP contribution in [0.1, 0.15) is 50.3 Å². The van der Waals surface area contributed by atoms with Crippen molar-refractivity contribution in [2.75, 3.05) is 18.1 Å². The lowest BCUT2D eigenvalue weighted by Crippen LogP contribution is -2.17. The first kappa shape index (κ1) is 20.3. The Morgan fingerprint density at radius 2 is 2.03 bits per heavy atom. The number of sulfone groups is 1. The molecule has 0 N–H and O–H groups in total. The third kappa shape index (κ3) is 3.51. The number of rotatable bonds is 5. The third-order valence-corrected chi connectivity index (χ3v) is 7.22. The zero-order valence-electron chi connectivity index (χ0n) is 17.0. The number of aryl methyl sites for hydroxylation is 2. The molecule has 158 valence electrons. The van der Waals surface area contributed by atoms with Crippen molar-refractivity contribution in [3.8, 4) is 0 Å². The summed E-state index contributed by atoms with van der Waals surface area (Å²) in [5.74, 6) is -0.772. The lowest BCUT2D eigenvalue weighted by Gasteiger charge is -2.16. The van der Waals surface area contributed by atoms with Gasteiger partial charge in [-0.1, -0.05) is 0 Å². The van der Waals surface area contributed by atoms with Crippen LogP contribution >= 0.6 is 0 Å². The lowest BCUT2D eigenvalue weighted by molar-refractivity contribution is 0.0475. The van der Waals surface area contributed by atoms with Crippen molar-refractivity contribution in [1.29, 1.82) is 0 Å². The molecule has 9 nitrogen and oxygen atoms in total. The minimum absolute atomic E-state index is 0.0764. The summed E-state index contributed by atoms with van der Waals surface area (Å²) in [5.41, 5.74) is 2.99. The standard InChI is InChI=1S/C20H22N4O5S/c1-12-9-16(14(3)24(12)15-5-8-30(27,28)11-15)17(25)10-29-20(26)18-13(2)22-23-7-4-6-21-19(18)23/h4,6-7,9,15H,5,8,10-11H2,1-3H3. The molecule has 0 aromatic carbocycles. The van der Waals surface area contributed by atoms with Gasteiger partial charge >= 0.3 is 5.97 Å². The largest absolute Gasteiger partial charge is 0.454 e. The molecule has 0 radical (unpaired) electrons. The van der Waals surface area contributed by atoms with Crippen molar-refractivity contribution < 1.29 is 22.7 Å². The lowest BCUT2D eigenvalue weighted by atomic mass is 10.1. The number of ketones is 1. The van der Waals surface area contributed by atoms with Crippen LogP contribution in [0.15, 0.2) is 24.5 Å². The van der Waals surface area contributed by atoms with Gasteiger partial charge in [-0.05, 0) is 39.3 Å². The maximum atomic E-state index is 12.8. The first-order valence-electron chi connectivity index (χ1n) is 9.57. The molecule has 0 amide bonds. The van der Waals surface area contributed by atoms with E-state index in [9.17, 15) is 18.0 Å². The van der Waals surface area contributed by atoms with Gasteiger partial charge < -0.3 is 9.30 Å². The van der Waals surface area contributed by atoms with Crippen LogP contribution in [0.3, 0.4) is 0 Å². The highest BCUT2D eigenvalue weighted by atomic mass is 32.2. The van der Waals surface area contributed by atoms with Crippen LogP contribution in [-0.4, -0.2) is 57.4 Å². The van der Waals surface area contributed by atoms with Crippen LogP contribution in [0.2, 0.25) is 0 Å². The molecule has 3 aromatic rings. The molecule has 0 aliphatic carbocycles. The van der Waals surface area contributed by atoms with Crippen molar-refractivity contribution in [2.24, 2.45) is 0 Å². The van der Waals surface area contributed by atoms with Gasteiger partial charge in [0.25, 0.3) is 0 Å². The molecular formula is C20H22N4O5S. The van der Waals surface area contributed by atoms with E-state index in [1.165, 1.54) is 4.52 Å². The molecule has 1 aliphatic heterocycles. The van der Waals surface area contributed by atoms with E-state index in [-0.39, 0.29) is 28.9 Å². The van der Waals surface area contributed by atoms with E-state index in [1.807, 2.05) is 11.5 Å². The van der Waals surface area contributed by atoms with Crippen LogP contribution in [0, 0.1) is 20.8 Å². The summed E-state index contributed by atoms with van der Waals surface area (Å²) in [4.78, 5) is 29.5. The maximum Gasteiger partial charge on any atom is 0.344 e. The summed E-state index contributed by atoms with van der Waals surface area (Å²) >= 11 is 0. The van der Waals surface area contributed by atoms with Crippen molar-refractivity contribution in [3.63, 3.8) is 0 Å². The fourth-order valence-corrected chi connectivity index (χ4v) is 5.82. The van der Waals surface area contributed by atoms with Gasteiger partial charge in [-0.2, -0.15) is 5.10 Å². The number of carbonyl (C=O) groups is 2. The van der Waals surface area contributed by atoms with Crippen LogP contribution in [0.25, 0.3) is 5.65 Å².